The van der Waals surface area contributed by atoms with Gasteiger partial charge in [0, 0.05) is 5.56 Å². The lowest BCUT2D eigenvalue weighted by Gasteiger charge is -2.15. The number of aromatic nitrogens is 2. The molecule has 0 saturated carbocycles. The van der Waals surface area contributed by atoms with Gasteiger partial charge in [0.05, 0.1) is 11.4 Å². The molecule has 0 aliphatic carbocycles. The van der Waals surface area contributed by atoms with Crippen molar-refractivity contribution >= 4 is 0 Å². The van der Waals surface area contributed by atoms with Gasteiger partial charge in [0.15, 0.2) is 0 Å². The predicted molar refractivity (Wildman–Crippen MR) is 76.0 cm³/mol. The molecule has 0 bridgehead atoms. The van der Waals surface area contributed by atoms with Crippen molar-refractivity contribution < 1.29 is 5.11 Å². The summed E-state index contributed by atoms with van der Waals surface area (Å²) in [6.45, 7) is 6.04. The maximum Gasteiger partial charge on any atom is 0.106 e. The first-order chi connectivity index (χ1) is 9.15. The molecule has 100 valence electrons. The second-order valence-corrected chi connectivity index (χ2v) is 4.74. The van der Waals surface area contributed by atoms with E-state index in [4.69, 9.17) is 0 Å². The third-order valence-electron chi connectivity index (χ3n) is 3.36. The van der Waals surface area contributed by atoms with Gasteiger partial charge in [0.25, 0.3) is 0 Å². The predicted octanol–water partition coefficient (Wildman–Crippen LogP) is 2.99. The maximum absolute atomic E-state index is 10.5. The third-order valence-corrected chi connectivity index (χ3v) is 3.36. The Morgan fingerprint density at radius 2 is 1.74 bits per heavy atom. The number of aliphatic hydroxyl groups excluding tert-OH is 1. The van der Waals surface area contributed by atoms with Gasteiger partial charge in [-0.1, -0.05) is 38.1 Å². The zero-order valence-corrected chi connectivity index (χ0v) is 11.7. The van der Waals surface area contributed by atoms with Crippen LogP contribution in [0.25, 0.3) is 0 Å². The first-order valence-corrected chi connectivity index (χ1v) is 6.75. The van der Waals surface area contributed by atoms with Crippen molar-refractivity contribution in [2.24, 2.45) is 0 Å². The van der Waals surface area contributed by atoms with Gasteiger partial charge in [-0.2, -0.15) is 10.2 Å². The summed E-state index contributed by atoms with van der Waals surface area (Å²) in [7, 11) is 0. The van der Waals surface area contributed by atoms with Crippen LogP contribution in [0.1, 0.15) is 48.0 Å². The average molecular weight is 256 g/mol. The summed E-state index contributed by atoms with van der Waals surface area (Å²) in [5.74, 6) is 0. The zero-order chi connectivity index (χ0) is 13.8. The molecule has 1 aromatic carbocycles. The molecule has 1 N–H and O–H groups in total. The second-order valence-electron chi connectivity index (χ2n) is 4.74. The summed E-state index contributed by atoms with van der Waals surface area (Å²) in [5, 5.41) is 18.7. The van der Waals surface area contributed by atoms with Crippen LogP contribution in [0.2, 0.25) is 0 Å². The quantitative estimate of drug-likeness (QED) is 0.914. The Labute approximate surface area is 114 Å². The summed E-state index contributed by atoms with van der Waals surface area (Å²) in [6, 6.07) is 10.0. The highest BCUT2D eigenvalue weighted by Gasteiger charge is 2.15. The first-order valence-electron chi connectivity index (χ1n) is 6.75. The highest BCUT2D eigenvalue weighted by atomic mass is 16.3. The molecule has 0 spiro atoms. The van der Waals surface area contributed by atoms with E-state index in [-0.39, 0.29) is 0 Å². The largest absolute Gasteiger partial charge is 0.384 e. The molecule has 3 heteroatoms. The van der Waals surface area contributed by atoms with Gasteiger partial charge in [-0.05, 0) is 37.0 Å². The molecule has 0 radical (unpaired) electrons. The van der Waals surface area contributed by atoms with E-state index in [1.807, 2.05) is 32.0 Å². The number of benzene rings is 1. The summed E-state index contributed by atoms with van der Waals surface area (Å²) >= 11 is 0. The smallest absolute Gasteiger partial charge is 0.106 e. The lowest BCUT2D eigenvalue weighted by atomic mass is 9.98. The Morgan fingerprint density at radius 1 is 1.05 bits per heavy atom. The molecule has 1 atom stereocenters. The molecule has 1 heterocycles. The van der Waals surface area contributed by atoms with Crippen molar-refractivity contribution in [3.05, 3.63) is 58.4 Å². The molecule has 1 unspecified atom stereocenters. The molecular weight excluding hydrogens is 236 g/mol. The van der Waals surface area contributed by atoms with Gasteiger partial charge in [-0.25, -0.2) is 0 Å². The van der Waals surface area contributed by atoms with Crippen molar-refractivity contribution in [1.82, 2.24) is 10.2 Å². The normalized spacial score (nSPS) is 12.4. The summed E-state index contributed by atoms with van der Waals surface area (Å²) in [5.41, 5.74) is 4.73. The van der Waals surface area contributed by atoms with Crippen LogP contribution in [-0.2, 0) is 12.8 Å². The Kier molecular flexibility index (Phi) is 4.27. The topological polar surface area (TPSA) is 46.0 Å². The minimum atomic E-state index is -0.630. The van der Waals surface area contributed by atoms with Gasteiger partial charge in [0.1, 0.15) is 6.10 Å². The molecule has 19 heavy (non-hydrogen) atoms. The van der Waals surface area contributed by atoms with Crippen molar-refractivity contribution in [3.63, 3.8) is 0 Å². The molecule has 3 nitrogen and oxygen atoms in total. The van der Waals surface area contributed by atoms with E-state index < -0.39 is 6.10 Å². The maximum atomic E-state index is 10.5. The van der Waals surface area contributed by atoms with Crippen LogP contribution in [-0.4, -0.2) is 15.3 Å². The lowest BCUT2D eigenvalue weighted by Crippen LogP contribution is -2.07. The third kappa shape index (κ3) is 2.99. The number of hydrogen-bond acceptors (Lipinski definition) is 3. The lowest BCUT2D eigenvalue weighted by molar-refractivity contribution is 0.218. The number of rotatable bonds is 4. The van der Waals surface area contributed by atoms with Crippen LogP contribution in [0, 0.1) is 6.92 Å². The summed E-state index contributed by atoms with van der Waals surface area (Å²) in [4.78, 5) is 0. The number of hydrogen-bond donors (Lipinski definition) is 1. The van der Waals surface area contributed by atoms with Crippen molar-refractivity contribution in [3.8, 4) is 0 Å². The van der Waals surface area contributed by atoms with Gasteiger partial charge < -0.3 is 5.11 Å². The molecule has 0 aliphatic rings. The second kappa shape index (κ2) is 5.93. The Balaban J connectivity index is 2.36. The van der Waals surface area contributed by atoms with Crippen LogP contribution in [0.5, 0.6) is 0 Å². The fraction of sp³-hybridized carbons (Fsp3) is 0.375. The Hall–Kier alpha value is -1.74. The first kappa shape index (κ1) is 13.7. The van der Waals surface area contributed by atoms with Crippen LogP contribution >= 0.6 is 0 Å². The van der Waals surface area contributed by atoms with Crippen molar-refractivity contribution in [1.29, 1.82) is 0 Å². The van der Waals surface area contributed by atoms with Gasteiger partial charge in [-0.3, -0.25) is 0 Å². The SMILES string of the molecule is CCc1ccc(C(O)c2cc(C)nnc2CC)cc1. The summed E-state index contributed by atoms with van der Waals surface area (Å²) < 4.78 is 0. The molecule has 1 aromatic heterocycles. The molecule has 2 aromatic rings. The van der Waals surface area contributed by atoms with E-state index in [0.717, 1.165) is 35.4 Å². The van der Waals surface area contributed by atoms with E-state index in [2.05, 4.69) is 29.3 Å². The van der Waals surface area contributed by atoms with Crippen LogP contribution in [0.3, 0.4) is 0 Å². The summed E-state index contributed by atoms with van der Waals surface area (Å²) in [6.07, 6.45) is 1.15. The number of aryl methyl sites for hydroxylation is 3. The highest BCUT2D eigenvalue weighted by molar-refractivity contribution is 5.34. The van der Waals surface area contributed by atoms with E-state index in [0.29, 0.717) is 0 Å². The molecular formula is C16H20N2O. The number of aliphatic hydroxyl groups is 1. The standard InChI is InChI=1S/C16H20N2O/c1-4-12-6-8-13(9-7-12)16(19)14-10-11(3)17-18-15(14)5-2/h6-10,16,19H,4-5H2,1-3H3. The fourth-order valence-corrected chi connectivity index (χ4v) is 2.16. The minimum Gasteiger partial charge on any atom is -0.384 e. The minimum absolute atomic E-state index is 0.630. The monoisotopic (exact) mass is 256 g/mol. The molecule has 0 fully saturated rings. The number of nitrogens with zero attached hydrogens (tertiary/aromatic N) is 2. The van der Waals surface area contributed by atoms with E-state index in [1.54, 1.807) is 0 Å². The van der Waals surface area contributed by atoms with E-state index in [9.17, 15) is 5.11 Å². The molecule has 0 aliphatic heterocycles. The van der Waals surface area contributed by atoms with Crippen LogP contribution in [0.4, 0.5) is 0 Å². The molecule has 0 amide bonds. The van der Waals surface area contributed by atoms with Crippen LogP contribution < -0.4 is 0 Å². The Bertz CT molecular complexity index is 549. The van der Waals surface area contributed by atoms with Crippen LogP contribution in [0.15, 0.2) is 30.3 Å². The zero-order valence-electron chi connectivity index (χ0n) is 11.7. The average Bonchev–Trinajstić information content (AvgIpc) is 2.46. The van der Waals surface area contributed by atoms with Crippen molar-refractivity contribution in [2.45, 2.75) is 39.7 Å². The van der Waals surface area contributed by atoms with E-state index in [1.165, 1.54) is 5.56 Å². The van der Waals surface area contributed by atoms with Gasteiger partial charge >= 0.3 is 0 Å². The van der Waals surface area contributed by atoms with E-state index >= 15 is 0 Å². The molecule has 0 saturated heterocycles. The van der Waals surface area contributed by atoms with Gasteiger partial charge in [0.2, 0.25) is 0 Å². The Morgan fingerprint density at radius 3 is 2.32 bits per heavy atom. The molecule has 2 rings (SSSR count). The fourth-order valence-electron chi connectivity index (χ4n) is 2.16. The van der Waals surface area contributed by atoms with Gasteiger partial charge in [-0.15, -0.1) is 0 Å². The van der Waals surface area contributed by atoms with Crippen molar-refractivity contribution in [2.75, 3.05) is 0 Å². The highest BCUT2D eigenvalue weighted by Crippen LogP contribution is 2.25.